The van der Waals surface area contributed by atoms with E-state index in [9.17, 15) is 35.5 Å². The van der Waals surface area contributed by atoms with Gasteiger partial charge >= 0.3 is 23.7 Å². The first-order valence-corrected chi connectivity index (χ1v) is 5.39. The van der Waals surface area contributed by atoms with Crippen molar-refractivity contribution in [2.45, 2.75) is 43.2 Å². The van der Waals surface area contributed by atoms with E-state index in [4.69, 9.17) is 0 Å². The van der Waals surface area contributed by atoms with Crippen molar-refractivity contribution >= 4 is 5.97 Å². The molecule has 2 nitrogen and oxygen atoms in total. The standard InChI is InChI=1S/C11H11F7O2/c1-6(2)7(19)20-5-8(12)3-9(13,14)11(17,18)10(15,16)4-8/h1,3-5H2,2H3. The number of carbonyl (C=O) groups excluding carboxylic acids is 1. The summed E-state index contributed by atoms with van der Waals surface area (Å²) in [5.41, 5.74) is -3.66. The molecule has 0 atom stereocenters. The number of halogens is 7. The second-order valence-corrected chi connectivity index (χ2v) is 4.84. The predicted octanol–water partition coefficient (Wildman–Crippen LogP) is 3.51. The zero-order valence-electron chi connectivity index (χ0n) is 10.3. The molecule has 0 aromatic rings. The average molecular weight is 308 g/mol. The summed E-state index contributed by atoms with van der Waals surface area (Å²) in [6, 6.07) is 0. The van der Waals surface area contributed by atoms with Gasteiger partial charge < -0.3 is 4.74 Å². The van der Waals surface area contributed by atoms with Crippen molar-refractivity contribution < 1.29 is 40.3 Å². The summed E-state index contributed by atoms with van der Waals surface area (Å²) in [6.07, 6.45) is -4.32. The molecule has 0 saturated heterocycles. The summed E-state index contributed by atoms with van der Waals surface area (Å²) in [7, 11) is 0. The number of carbonyl (C=O) groups is 1. The van der Waals surface area contributed by atoms with Crippen LogP contribution in [0.3, 0.4) is 0 Å². The normalized spacial score (nSPS) is 25.8. The molecule has 0 N–H and O–H groups in total. The Hall–Kier alpha value is -1.28. The van der Waals surface area contributed by atoms with E-state index in [0.29, 0.717) is 0 Å². The van der Waals surface area contributed by atoms with Crippen LogP contribution in [0, 0.1) is 0 Å². The molecule has 116 valence electrons. The molecule has 1 fully saturated rings. The van der Waals surface area contributed by atoms with E-state index in [1.54, 1.807) is 0 Å². The highest BCUT2D eigenvalue weighted by Gasteiger charge is 2.78. The van der Waals surface area contributed by atoms with Gasteiger partial charge in [-0.2, -0.15) is 26.3 Å². The van der Waals surface area contributed by atoms with Gasteiger partial charge in [0, 0.05) is 5.57 Å². The van der Waals surface area contributed by atoms with Crippen molar-refractivity contribution in [2.75, 3.05) is 6.61 Å². The highest BCUT2D eigenvalue weighted by atomic mass is 19.3. The molecule has 0 heterocycles. The zero-order valence-corrected chi connectivity index (χ0v) is 10.3. The first-order valence-electron chi connectivity index (χ1n) is 5.39. The Morgan fingerprint density at radius 2 is 1.45 bits per heavy atom. The molecule has 0 radical (unpaired) electrons. The lowest BCUT2D eigenvalue weighted by Gasteiger charge is -2.43. The van der Waals surface area contributed by atoms with Crippen molar-refractivity contribution in [1.82, 2.24) is 0 Å². The maximum Gasteiger partial charge on any atom is 0.372 e. The number of ether oxygens (including phenoxy) is 1. The van der Waals surface area contributed by atoms with Crippen molar-refractivity contribution in [3.63, 3.8) is 0 Å². The lowest BCUT2D eigenvalue weighted by atomic mass is 9.79. The molecule has 0 unspecified atom stereocenters. The van der Waals surface area contributed by atoms with Gasteiger partial charge in [0.15, 0.2) is 5.67 Å². The van der Waals surface area contributed by atoms with Gasteiger partial charge in [0.05, 0.1) is 12.8 Å². The van der Waals surface area contributed by atoms with Gasteiger partial charge in [-0.15, -0.1) is 0 Å². The summed E-state index contributed by atoms with van der Waals surface area (Å²) in [4.78, 5) is 11.0. The van der Waals surface area contributed by atoms with Crippen LogP contribution < -0.4 is 0 Å². The second-order valence-electron chi connectivity index (χ2n) is 4.84. The van der Waals surface area contributed by atoms with E-state index in [1.807, 2.05) is 0 Å². The Labute approximate surface area is 109 Å². The third kappa shape index (κ3) is 2.76. The molecule has 1 aliphatic rings. The average Bonchev–Trinajstić information content (AvgIpc) is 2.22. The molecule has 0 aromatic carbocycles. The summed E-state index contributed by atoms with van der Waals surface area (Å²) < 4.78 is 95.9. The summed E-state index contributed by atoms with van der Waals surface area (Å²) in [5.74, 6) is -17.3. The van der Waals surface area contributed by atoms with E-state index in [0.717, 1.165) is 6.92 Å². The number of hydrogen-bond acceptors (Lipinski definition) is 2. The fraction of sp³-hybridized carbons (Fsp3) is 0.727. The van der Waals surface area contributed by atoms with E-state index < -0.39 is 48.9 Å². The lowest BCUT2D eigenvalue weighted by molar-refractivity contribution is -0.351. The van der Waals surface area contributed by atoms with E-state index >= 15 is 0 Å². The van der Waals surface area contributed by atoms with Crippen LogP contribution in [-0.2, 0) is 9.53 Å². The topological polar surface area (TPSA) is 26.3 Å². The molecule has 1 saturated carbocycles. The maximum atomic E-state index is 13.9. The monoisotopic (exact) mass is 308 g/mol. The quantitative estimate of drug-likeness (QED) is 0.453. The summed E-state index contributed by atoms with van der Waals surface area (Å²) in [6.45, 7) is 2.79. The molecule has 0 aromatic heterocycles. The Morgan fingerprint density at radius 1 is 1.05 bits per heavy atom. The largest absolute Gasteiger partial charge is 0.459 e. The smallest absolute Gasteiger partial charge is 0.372 e. The SMILES string of the molecule is C=C(C)C(=O)OCC1(F)CC(F)(F)C(F)(F)C(F)(F)C1. The highest BCUT2D eigenvalue weighted by Crippen LogP contribution is 2.57. The van der Waals surface area contributed by atoms with Crippen molar-refractivity contribution in [2.24, 2.45) is 0 Å². The molecule has 0 aliphatic heterocycles. The van der Waals surface area contributed by atoms with E-state index in [1.165, 1.54) is 0 Å². The minimum Gasteiger partial charge on any atom is -0.459 e. The molecule has 20 heavy (non-hydrogen) atoms. The zero-order chi connectivity index (χ0) is 16.0. The Balaban J connectivity index is 2.93. The minimum absolute atomic E-state index is 0.215. The first kappa shape index (κ1) is 16.8. The van der Waals surface area contributed by atoms with Crippen LogP contribution in [0.2, 0.25) is 0 Å². The highest BCUT2D eigenvalue weighted by molar-refractivity contribution is 5.86. The van der Waals surface area contributed by atoms with E-state index in [-0.39, 0.29) is 5.57 Å². The molecule has 1 rings (SSSR count). The Kier molecular flexibility index (Phi) is 3.88. The van der Waals surface area contributed by atoms with Crippen LogP contribution >= 0.6 is 0 Å². The number of hydrogen-bond donors (Lipinski definition) is 0. The molecule has 0 amide bonds. The minimum atomic E-state index is -5.66. The molecular formula is C11H11F7O2. The summed E-state index contributed by atoms with van der Waals surface area (Å²) in [5, 5.41) is 0. The van der Waals surface area contributed by atoms with Gasteiger partial charge in [-0.3, -0.25) is 0 Å². The number of rotatable bonds is 3. The van der Waals surface area contributed by atoms with E-state index in [2.05, 4.69) is 11.3 Å². The third-order valence-corrected chi connectivity index (χ3v) is 2.81. The fourth-order valence-corrected chi connectivity index (χ4v) is 1.77. The molecule has 9 heteroatoms. The third-order valence-electron chi connectivity index (χ3n) is 2.81. The van der Waals surface area contributed by atoms with Crippen LogP contribution in [0.1, 0.15) is 19.8 Å². The van der Waals surface area contributed by atoms with Crippen LogP contribution in [0.15, 0.2) is 12.2 Å². The van der Waals surface area contributed by atoms with Gasteiger partial charge in [-0.1, -0.05) is 6.58 Å². The van der Waals surface area contributed by atoms with Gasteiger partial charge in [-0.05, 0) is 6.92 Å². The van der Waals surface area contributed by atoms with Crippen molar-refractivity contribution in [3.05, 3.63) is 12.2 Å². The number of alkyl halides is 7. The van der Waals surface area contributed by atoms with Crippen LogP contribution in [0.25, 0.3) is 0 Å². The Bertz CT molecular complexity index is 410. The molecule has 1 aliphatic carbocycles. The van der Waals surface area contributed by atoms with Crippen LogP contribution in [0.5, 0.6) is 0 Å². The molecular weight excluding hydrogens is 297 g/mol. The van der Waals surface area contributed by atoms with Crippen molar-refractivity contribution in [1.29, 1.82) is 0 Å². The Morgan fingerprint density at radius 3 is 1.80 bits per heavy atom. The van der Waals surface area contributed by atoms with Gasteiger partial charge in [-0.25, -0.2) is 9.18 Å². The molecule has 0 bridgehead atoms. The maximum absolute atomic E-state index is 13.9. The number of esters is 1. The lowest BCUT2D eigenvalue weighted by Crippen LogP contribution is -2.64. The van der Waals surface area contributed by atoms with Gasteiger partial charge in [0.2, 0.25) is 0 Å². The first-order chi connectivity index (χ1) is 8.74. The van der Waals surface area contributed by atoms with Crippen LogP contribution in [-0.4, -0.2) is 36.0 Å². The second kappa shape index (κ2) is 4.63. The van der Waals surface area contributed by atoms with Crippen LogP contribution in [0.4, 0.5) is 30.7 Å². The predicted molar refractivity (Wildman–Crippen MR) is 53.7 cm³/mol. The van der Waals surface area contributed by atoms with Gasteiger partial charge in [0.1, 0.15) is 6.61 Å². The molecule has 0 spiro atoms. The summed E-state index contributed by atoms with van der Waals surface area (Å²) >= 11 is 0. The van der Waals surface area contributed by atoms with Crippen molar-refractivity contribution in [3.8, 4) is 0 Å². The van der Waals surface area contributed by atoms with Gasteiger partial charge in [0.25, 0.3) is 0 Å². The fourth-order valence-electron chi connectivity index (χ4n) is 1.77.